The number of ether oxygens (including phenoxy) is 1. The summed E-state index contributed by atoms with van der Waals surface area (Å²) in [6, 6.07) is 3.27. The molecule has 1 aromatic carbocycles. The van der Waals surface area contributed by atoms with Gasteiger partial charge in [0.25, 0.3) is 5.91 Å². The number of halogens is 2. The van der Waals surface area contributed by atoms with Crippen molar-refractivity contribution in [1.29, 1.82) is 0 Å². The Balaban J connectivity index is 2.24. The Morgan fingerprint density at radius 2 is 2.00 bits per heavy atom. The molecule has 9 heteroatoms. The molecule has 0 bridgehead atoms. The second-order valence-electron chi connectivity index (χ2n) is 5.34. The molecule has 1 aromatic rings. The molecule has 0 saturated carbocycles. The van der Waals surface area contributed by atoms with Gasteiger partial charge in [-0.1, -0.05) is 24.0 Å². The van der Waals surface area contributed by atoms with Crippen molar-refractivity contribution < 1.29 is 28.2 Å². The maximum atomic E-state index is 12.4. The van der Waals surface area contributed by atoms with Crippen LogP contribution in [0.1, 0.15) is 23.1 Å². The van der Waals surface area contributed by atoms with Gasteiger partial charge < -0.3 is 9.84 Å². The first kappa shape index (κ1) is 19.3. The zero-order valence-electron chi connectivity index (χ0n) is 13.4. The molecule has 0 atom stereocenters. The number of rotatable bonds is 6. The third-order valence-electron chi connectivity index (χ3n) is 3.41. The number of benzene rings is 1. The minimum absolute atomic E-state index is 0.0105. The Bertz CT molecular complexity index is 741. The third-order valence-corrected chi connectivity index (χ3v) is 4.79. The van der Waals surface area contributed by atoms with E-state index in [0.29, 0.717) is 25.9 Å². The number of aliphatic carboxylic acids is 1. The summed E-state index contributed by atoms with van der Waals surface area (Å²) in [5.74, 6) is -1.26. The molecule has 25 heavy (non-hydrogen) atoms. The molecule has 0 aliphatic carbocycles. The van der Waals surface area contributed by atoms with Crippen LogP contribution in [-0.4, -0.2) is 39.4 Å². The van der Waals surface area contributed by atoms with E-state index in [4.69, 9.17) is 17.3 Å². The van der Waals surface area contributed by atoms with E-state index in [1.807, 2.05) is 0 Å². The van der Waals surface area contributed by atoms with E-state index < -0.39 is 12.6 Å². The molecule has 1 amide bonds. The van der Waals surface area contributed by atoms with Crippen molar-refractivity contribution in [3.8, 4) is 5.75 Å². The van der Waals surface area contributed by atoms with Crippen LogP contribution in [0.4, 0.5) is 8.78 Å². The predicted molar refractivity (Wildman–Crippen MR) is 94.7 cm³/mol. The van der Waals surface area contributed by atoms with Gasteiger partial charge in [0.2, 0.25) is 0 Å². The zero-order valence-corrected chi connectivity index (χ0v) is 15.0. The molecule has 1 fully saturated rings. The lowest BCUT2D eigenvalue weighted by Gasteiger charge is -2.13. The van der Waals surface area contributed by atoms with Gasteiger partial charge in [0, 0.05) is 6.54 Å². The Hall–Kier alpha value is -2.00. The Morgan fingerprint density at radius 3 is 2.52 bits per heavy atom. The SMILES string of the molecule is Cc1cc(/C=C2\SC(=S)N(CCC(=O)O)C2=O)cc(C)c1OC(F)F. The lowest BCUT2D eigenvalue weighted by atomic mass is 10.1. The van der Waals surface area contributed by atoms with E-state index >= 15 is 0 Å². The van der Waals surface area contributed by atoms with Crippen molar-refractivity contribution in [3.05, 3.63) is 33.7 Å². The molecule has 1 N–H and O–H groups in total. The molecule has 1 aliphatic rings. The second kappa shape index (κ2) is 7.92. The summed E-state index contributed by atoms with van der Waals surface area (Å²) in [5, 5.41) is 8.73. The number of alkyl halides is 2. The van der Waals surface area contributed by atoms with Crippen molar-refractivity contribution in [2.45, 2.75) is 26.9 Å². The Kier molecular flexibility index (Phi) is 6.12. The Labute approximate surface area is 152 Å². The van der Waals surface area contributed by atoms with Crippen LogP contribution < -0.4 is 4.74 Å². The van der Waals surface area contributed by atoms with Crippen LogP contribution in [0.5, 0.6) is 5.75 Å². The van der Waals surface area contributed by atoms with Gasteiger partial charge in [0.05, 0.1) is 11.3 Å². The van der Waals surface area contributed by atoms with Gasteiger partial charge in [-0.3, -0.25) is 14.5 Å². The topological polar surface area (TPSA) is 66.8 Å². The van der Waals surface area contributed by atoms with Crippen LogP contribution in [0, 0.1) is 13.8 Å². The standard InChI is InChI=1S/C16H15F2NO4S2/c1-8-5-10(6-9(2)13(8)23-15(17)18)7-11-14(22)19(16(24)25-11)4-3-12(20)21/h5-7,15H,3-4H2,1-2H3,(H,20,21)/b11-7-. The number of aryl methyl sites for hydroxylation is 2. The molecule has 5 nitrogen and oxygen atoms in total. The molecule has 1 aliphatic heterocycles. The highest BCUT2D eigenvalue weighted by Crippen LogP contribution is 2.34. The van der Waals surface area contributed by atoms with Gasteiger partial charge in [-0.2, -0.15) is 8.78 Å². The van der Waals surface area contributed by atoms with E-state index in [1.165, 1.54) is 4.90 Å². The van der Waals surface area contributed by atoms with Gasteiger partial charge in [-0.05, 0) is 48.7 Å². The van der Waals surface area contributed by atoms with Crippen molar-refractivity contribution in [3.63, 3.8) is 0 Å². The van der Waals surface area contributed by atoms with Gasteiger partial charge in [-0.25, -0.2) is 0 Å². The average Bonchev–Trinajstić information content (AvgIpc) is 2.75. The van der Waals surface area contributed by atoms with Crippen LogP contribution in [-0.2, 0) is 9.59 Å². The monoisotopic (exact) mass is 387 g/mol. The molecule has 1 saturated heterocycles. The van der Waals surface area contributed by atoms with E-state index in [0.717, 1.165) is 11.8 Å². The molecular weight excluding hydrogens is 372 g/mol. The highest BCUT2D eigenvalue weighted by atomic mass is 32.2. The minimum atomic E-state index is -2.91. The number of hydrogen-bond acceptors (Lipinski definition) is 5. The number of nitrogens with zero attached hydrogens (tertiary/aromatic N) is 1. The van der Waals surface area contributed by atoms with E-state index in [1.54, 1.807) is 32.1 Å². The highest BCUT2D eigenvalue weighted by molar-refractivity contribution is 8.26. The first-order valence-corrected chi connectivity index (χ1v) is 8.44. The molecule has 134 valence electrons. The summed E-state index contributed by atoms with van der Waals surface area (Å²) in [7, 11) is 0. The van der Waals surface area contributed by atoms with E-state index in [9.17, 15) is 18.4 Å². The normalized spacial score (nSPS) is 16.2. The number of carboxylic acid groups (broad SMARTS) is 1. The number of amides is 1. The van der Waals surface area contributed by atoms with E-state index in [2.05, 4.69) is 4.74 Å². The van der Waals surface area contributed by atoms with Crippen molar-refractivity contribution in [2.24, 2.45) is 0 Å². The maximum Gasteiger partial charge on any atom is 0.387 e. The number of carboxylic acids is 1. The molecular formula is C16H15F2NO4S2. The smallest absolute Gasteiger partial charge is 0.387 e. The zero-order chi connectivity index (χ0) is 18.7. The number of hydrogen-bond donors (Lipinski definition) is 1. The third kappa shape index (κ3) is 4.76. The predicted octanol–water partition coefficient (Wildman–Crippen LogP) is 3.58. The number of carbonyl (C=O) groups is 2. The lowest BCUT2D eigenvalue weighted by molar-refractivity contribution is -0.137. The van der Waals surface area contributed by atoms with Crippen LogP contribution in [0.3, 0.4) is 0 Å². The van der Waals surface area contributed by atoms with Crippen molar-refractivity contribution >= 4 is 46.3 Å². The Morgan fingerprint density at radius 1 is 1.40 bits per heavy atom. The number of carbonyl (C=O) groups excluding carboxylic acids is 1. The van der Waals surface area contributed by atoms with Crippen LogP contribution in [0.2, 0.25) is 0 Å². The fourth-order valence-corrected chi connectivity index (χ4v) is 3.70. The molecule has 0 radical (unpaired) electrons. The quantitative estimate of drug-likeness (QED) is 0.595. The highest BCUT2D eigenvalue weighted by Gasteiger charge is 2.32. The summed E-state index contributed by atoms with van der Waals surface area (Å²) in [4.78, 5) is 24.6. The lowest BCUT2D eigenvalue weighted by Crippen LogP contribution is -2.30. The summed E-state index contributed by atoms with van der Waals surface area (Å²) in [5.41, 5.74) is 1.69. The van der Waals surface area contributed by atoms with Gasteiger partial charge >= 0.3 is 12.6 Å². The average molecular weight is 387 g/mol. The molecule has 0 unspecified atom stereocenters. The van der Waals surface area contributed by atoms with Crippen LogP contribution in [0.25, 0.3) is 6.08 Å². The van der Waals surface area contributed by atoms with Gasteiger partial charge in [0.15, 0.2) is 0 Å². The first-order valence-electron chi connectivity index (χ1n) is 7.22. The summed E-state index contributed by atoms with van der Waals surface area (Å²) in [6.45, 7) is 0.380. The number of thiocarbonyl (C=S) groups is 1. The van der Waals surface area contributed by atoms with Gasteiger partial charge in [-0.15, -0.1) is 0 Å². The van der Waals surface area contributed by atoms with Crippen molar-refractivity contribution in [2.75, 3.05) is 6.54 Å². The second-order valence-corrected chi connectivity index (χ2v) is 7.02. The fraction of sp³-hybridized carbons (Fsp3) is 0.312. The number of thioether (sulfide) groups is 1. The molecule has 1 heterocycles. The fourth-order valence-electron chi connectivity index (χ4n) is 2.39. The molecule has 0 spiro atoms. The summed E-state index contributed by atoms with van der Waals surface area (Å²) in [6.07, 6.45) is 1.41. The molecule has 0 aromatic heterocycles. The van der Waals surface area contributed by atoms with Gasteiger partial charge in [0.1, 0.15) is 10.1 Å². The molecule has 2 rings (SSSR count). The first-order chi connectivity index (χ1) is 11.7. The summed E-state index contributed by atoms with van der Waals surface area (Å²) < 4.78 is 29.7. The largest absolute Gasteiger partial charge is 0.481 e. The van der Waals surface area contributed by atoms with Crippen LogP contribution in [0.15, 0.2) is 17.0 Å². The van der Waals surface area contributed by atoms with Crippen LogP contribution >= 0.6 is 24.0 Å². The van der Waals surface area contributed by atoms with E-state index in [-0.39, 0.29) is 24.6 Å². The van der Waals surface area contributed by atoms with Crippen molar-refractivity contribution in [1.82, 2.24) is 4.90 Å². The summed E-state index contributed by atoms with van der Waals surface area (Å²) >= 11 is 6.19. The minimum Gasteiger partial charge on any atom is -0.481 e. The maximum absolute atomic E-state index is 12.4.